The molecule has 0 radical (unpaired) electrons. The SMILES string of the molecule is COc1cc(C(C)=O)ccc1COc1ccc(C(N)=O)cc1OC. The summed E-state index contributed by atoms with van der Waals surface area (Å²) >= 11 is 0. The molecule has 0 aliphatic rings. The fourth-order valence-electron chi connectivity index (χ4n) is 2.18. The lowest BCUT2D eigenvalue weighted by molar-refractivity contribution is 0.0995. The molecule has 0 atom stereocenters. The number of amides is 1. The van der Waals surface area contributed by atoms with Gasteiger partial charge < -0.3 is 19.9 Å². The first-order valence-corrected chi connectivity index (χ1v) is 7.24. The molecule has 24 heavy (non-hydrogen) atoms. The van der Waals surface area contributed by atoms with Crippen LogP contribution in [0.5, 0.6) is 17.2 Å². The number of ketones is 1. The monoisotopic (exact) mass is 329 g/mol. The fraction of sp³-hybridized carbons (Fsp3) is 0.222. The first-order chi connectivity index (χ1) is 11.5. The molecule has 2 rings (SSSR count). The van der Waals surface area contributed by atoms with Gasteiger partial charge in [0.1, 0.15) is 12.4 Å². The molecular formula is C18H19NO5. The number of Topliss-reactive ketones (excluding diaryl/α,β-unsaturated/α-hetero) is 1. The van der Waals surface area contributed by atoms with Crippen LogP contribution in [0.1, 0.15) is 33.2 Å². The Morgan fingerprint density at radius 3 is 2.12 bits per heavy atom. The Morgan fingerprint density at radius 1 is 0.917 bits per heavy atom. The number of hydrogen-bond acceptors (Lipinski definition) is 5. The molecule has 0 heterocycles. The largest absolute Gasteiger partial charge is 0.496 e. The molecule has 0 aliphatic heterocycles. The first-order valence-electron chi connectivity index (χ1n) is 7.24. The highest BCUT2D eigenvalue weighted by atomic mass is 16.5. The van der Waals surface area contributed by atoms with Gasteiger partial charge in [-0.3, -0.25) is 9.59 Å². The molecule has 0 aliphatic carbocycles. The Morgan fingerprint density at radius 2 is 1.54 bits per heavy atom. The summed E-state index contributed by atoms with van der Waals surface area (Å²) in [4.78, 5) is 22.6. The Kier molecular flexibility index (Phi) is 5.42. The number of hydrogen-bond donors (Lipinski definition) is 1. The maximum absolute atomic E-state index is 11.4. The lowest BCUT2D eigenvalue weighted by Crippen LogP contribution is -2.11. The summed E-state index contributed by atoms with van der Waals surface area (Å²) in [5, 5.41) is 0. The van der Waals surface area contributed by atoms with Crippen molar-refractivity contribution in [3.63, 3.8) is 0 Å². The van der Waals surface area contributed by atoms with Gasteiger partial charge in [-0.25, -0.2) is 0 Å². The zero-order chi connectivity index (χ0) is 17.7. The van der Waals surface area contributed by atoms with E-state index in [2.05, 4.69) is 0 Å². The zero-order valence-electron chi connectivity index (χ0n) is 13.8. The van der Waals surface area contributed by atoms with Crippen LogP contribution in [0.2, 0.25) is 0 Å². The van der Waals surface area contributed by atoms with Crippen LogP contribution in [0.3, 0.4) is 0 Å². The number of carbonyl (C=O) groups excluding carboxylic acids is 2. The summed E-state index contributed by atoms with van der Waals surface area (Å²) in [6, 6.07) is 9.88. The molecular weight excluding hydrogens is 310 g/mol. The molecule has 2 N–H and O–H groups in total. The van der Waals surface area contributed by atoms with E-state index in [9.17, 15) is 9.59 Å². The van der Waals surface area contributed by atoms with Gasteiger partial charge in [-0.15, -0.1) is 0 Å². The highest BCUT2D eigenvalue weighted by Crippen LogP contribution is 2.30. The van der Waals surface area contributed by atoms with Gasteiger partial charge in [-0.1, -0.05) is 12.1 Å². The maximum atomic E-state index is 11.4. The van der Waals surface area contributed by atoms with Crippen LogP contribution >= 0.6 is 0 Å². The summed E-state index contributed by atoms with van der Waals surface area (Å²) < 4.78 is 16.3. The second-order valence-corrected chi connectivity index (χ2v) is 5.10. The maximum Gasteiger partial charge on any atom is 0.248 e. The van der Waals surface area contributed by atoms with Gasteiger partial charge in [0.15, 0.2) is 17.3 Å². The number of carbonyl (C=O) groups is 2. The lowest BCUT2D eigenvalue weighted by atomic mass is 10.1. The molecule has 0 unspecified atom stereocenters. The molecule has 2 aromatic rings. The van der Waals surface area contributed by atoms with E-state index >= 15 is 0 Å². The van der Waals surface area contributed by atoms with Crippen molar-refractivity contribution in [1.29, 1.82) is 0 Å². The number of methoxy groups -OCH3 is 2. The molecule has 6 nitrogen and oxygen atoms in total. The van der Waals surface area contributed by atoms with E-state index in [1.165, 1.54) is 27.2 Å². The van der Waals surface area contributed by atoms with Gasteiger partial charge in [-0.2, -0.15) is 0 Å². The van der Waals surface area contributed by atoms with E-state index in [4.69, 9.17) is 19.9 Å². The predicted octanol–water partition coefficient (Wildman–Crippen LogP) is 2.58. The summed E-state index contributed by atoms with van der Waals surface area (Å²) in [5.74, 6) is 0.868. The first kappa shape index (κ1) is 17.3. The normalized spacial score (nSPS) is 10.1. The zero-order valence-corrected chi connectivity index (χ0v) is 13.8. The van der Waals surface area contributed by atoms with E-state index in [1.54, 1.807) is 30.3 Å². The van der Waals surface area contributed by atoms with Gasteiger partial charge in [0, 0.05) is 16.7 Å². The Hall–Kier alpha value is -3.02. The Balaban J connectivity index is 2.21. The minimum absolute atomic E-state index is 0.0375. The van der Waals surface area contributed by atoms with Crippen molar-refractivity contribution >= 4 is 11.7 Å². The second kappa shape index (κ2) is 7.50. The van der Waals surface area contributed by atoms with Crippen molar-refractivity contribution in [2.75, 3.05) is 14.2 Å². The number of nitrogens with two attached hydrogens (primary N) is 1. The third kappa shape index (κ3) is 3.84. The quantitative estimate of drug-likeness (QED) is 0.789. The van der Waals surface area contributed by atoms with E-state index < -0.39 is 5.91 Å². The minimum Gasteiger partial charge on any atom is -0.496 e. The lowest BCUT2D eigenvalue weighted by Gasteiger charge is -2.14. The molecule has 126 valence electrons. The molecule has 0 saturated heterocycles. The smallest absolute Gasteiger partial charge is 0.248 e. The number of rotatable bonds is 7. The highest BCUT2D eigenvalue weighted by molar-refractivity contribution is 5.94. The standard InChI is InChI=1S/C18H19NO5/c1-11(20)12-4-5-14(16(8-12)22-2)10-24-15-7-6-13(18(19)21)9-17(15)23-3/h4-9H,10H2,1-3H3,(H2,19,21). The van der Waals surface area contributed by atoms with Crippen LogP contribution in [0.15, 0.2) is 36.4 Å². The summed E-state index contributed by atoms with van der Waals surface area (Å²) in [7, 11) is 3.01. The molecule has 0 saturated carbocycles. The van der Waals surface area contributed by atoms with Gasteiger partial charge in [0.25, 0.3) is 0 Å². The summed E-state index contributed by atoms with van der Waals surface area (Å²) in [6.45, 7) is 1.71. The minimum atomic E-state index is -0.540. The van der Waals surface area contributed by atoms with Crippen LogP contribution < -0.4 is 19.9 Å². The average Bonchev–Trinajstić information content (AvgIpc) is 2.59. The van der Waals surface area contributed by atoms with Gasteiger partial charge in [-0.05, 0) is 31.2 Å². The predicted molar refractivity (Wildman–Crippen MR) is 88.8 cm³/mol. The van der Waals surface area contributed by atoms with Crippen molar-refractivity contribution in [1.82, 2.24) is 0 Å². The van der Waals surface area contributed by atoms with E-state index in [0.717, 1.165) is 5.56 Å². The van der Waals surface area contributed by atoms with Crippen molar-refractivity contribution in [3.8, 4) is 17.2 Å². The average molecular weight is 329 g/mol. The van der Waals surface area contributed by atoms with Crippen LogP contribution in [-0.2, 0) is 6.61 Å². The van der Waals surface area contributed by atoms with Crippen LogP contribution in [0, 0.1) is 0 Å². The van der Waals surface area contributed by atoms with Crippen LogP contribution in [0.4, 0.5) is 0 Å². The third-order valence-electron chi connectivity index (χ3n) is 3.52. The molecule has 1 amide bonds. The molecule has 0 spiro atoms. The van der Waals surface area contributed by atoms with E-state index in [0.29, 0.717) is 28.4 Å². The highest BCUT2D eigenvalue weighted by Gasteiger charge is 2.12. The van der Waals surface area contributed by atoms with Crippen molar-refractivity contribution in [2.24, 2.45) is 5.73 Å². The van der Waals surface area contributed by atoms with Crippen LogP contribution in [0.25, 0.3) is 0 Å². The van der Waals surface area contributed by atoms with Crippen molar-refractivity contribution in [2.45, 2.75) is 13.5 Å². The van der Waals surface area contributed by atoms with Gasteiger partial charge in [0.05, 0.1) is 14.2 Å². The molecule has 2 aromatic carbocycles. The van der Waals surface area contributed by atoms with E-state index in [-0.39, 0.29) is 12.4 Å². The molecule has 0 bridgehead atoms. The molecule has 0 fully saturated rings. The van der Waals surface area contributed by atoms with Crippen molar-refractivity contribution in [3.05, 3.63) is 53.1 Å². The fourth-order valence-corrected chi connectivity index (χ4v) is 2.18. The number of benzene rings is 2. The Labute approximate surface area is 140 Å². The van der Waals surface area contributed by atoms with Crippen molar-refractivity contribution < 1.29 is 23.8 Å². The number of primary amides is 1. The van der Waals surface area contributed by atoms with E-state index in [1.807, 2.05) is 0 Å². The van der Waals surface area contributed by atoms with Gasteiger partial charge in [0.2, 0.25) is 5.91 Å². The molecule has 0 aromatic heterocycles. The topological polar surface area (TPSA) is 87.9 Å². The van der Waals surface area contributed by atoms with Crippen LogP contribution in [-0.4, -0.2) is 25.9 Å². The number of ether oxygens (including phenoxy) is 3. The second-order valence-electron chi connectivity index (χ2n) is 5.10. The summed E-state index contributed by atoms with van der Waals surface area (Å²) in [5.41, 5.74) is 6.93. The molecule has 6 heteroatoms. The third-order valence-corrected chi connectivity index (χ3v) is 3.52. The summed E-state index contributed by atoms with van der Waals surface area (Å²) in [6.07, 6.45) is 0. The van der Waals surface area contributed by atoms with Gasteiger partial charge >= 0.3 is 0 Å². The Bertz CT molecular complexity index is 704.